The van der Waals surface area contributed by atoms with Gasteiger partial charge in [0.25, 0.3) is 0 Å². The molecule has 2 rings (SSSR count). The number of allylic oxidation sites excluding steroid dienone is 1. The van der Waals surface area contributed by atoms with Gasteiger partial charge in [-0.1, -0.05) is 6.08 Å². The quantitative estimate of drug-likeness (QED) is 0.651. The van der Waals surface area contributed by atoms with Crippen molar-refractivity contribution in [2.75, 3.05) is 7.11 Å². The van der Waals surface area contributed by atoms with Crippen molar-refractivity contribution >= 4 is 11.9 Å². The molecular formula is C10H12N2O3. The van der Waals surface area contributed by atoms with Gasteiger partial charge in [0.1, 0.15) is 5.76 Å². The monoisotopic (exact) mass is 208 g/mol. The Balaban J connectivity index is 2.34. The first-order valence-electron chi connectivity index (χ1n) is 4.68. The van der Waals surface area contributed by atoms with Crippen LogP contribution in [0.3, 0.4) is 0 Å². The number of carbonyl (C=O) groups excluding carboxylic acids is 2. The standard InChI is InChI=1S/C10H12N2O3/c1-5-7(15-2)4-3-6-8(5)11-10(14)12-9(6)13/h3-4,6,8H,1-2H3,(H2,11,12,13,14). The molecule has 80 valence electrons. The second-order valence-corrected chi connectivity index (χ2v) is 3.58. The van der Waals surface area contributed by atoms with Gasteiger partial charge < -0.3 is 10.1 Å². The molecule has 5 nitrogen and oxygen atoms in total. The van der Waals surface area contributed by atoms with Crippen molar-refractivity contribution in [3.8, 4) is 0 Å². The lowest BCUT2D eigenvalue weighted by atomic mass is 9.86. The molecule has 1 aliphatic carbocycles. The third-order valence-corrected chi connectivity index (χ3v) is 2.72. The number of carbonyl (C=O) groups is 2. The van der Waals surface area contributed by atoms with Crippen LogP contribution in [0.1, 0.15) is 6.92 Å². The van der Waals surface area contributed by atoms with Crippen LogP contribution in [0.2, 0.25) is 0 Å². The van der Waals surface area contributed by atoms with E-state index in [0.717, 1.165) is 5.57 Å². The van der Waals surface area contributed by atoms with E-state index in [1.165, 1.54) is 0 Å². The maximum Gasteiger partial charge on any atom is 0.321 e. The zero-order valence-electron chi connectivity index (χ0n) is 8.53. The molecule has 0 saturated carbocycles. The number of nitrogens with one attached hydrogen (secondary N) is 2. The van der Waals surface area contributed by atoms with E-state index < -0.39 is 6.03 Å². The van der Waals surface area contributed by atoms with Crippen LogP contribution in [0.25, 0.3) is 0 Å². The third kappa shape index (κ3) is 1.49. The van der Waals surface area contributed by atoms with Crippen LogP contribution >= 0.6 is 0 Å². The normalized spacial score (nSPS) is 29.5. The Kier molecular flexibility index (Phi) is 2.22. The van der Waals surface area contributed by atoms with Crippen molar-refractivity contribution in [3.63, 3.8) is 0 Å². The fourth-order valence-electron chi connectivity index (χ4n) is 1.89. The molecule has 0 aromatic carbocycles. The highest BCUT2D eigenvalue weighted by atomic mass is 16.5. The molecule has 2 N–H and O–H groups in total. The van der Waals surface area contributed by atoms with Crippen LogP contribution in [0.5, 0.6) is 0 Å². The minimum absolute atomic E-state index is 0.269. The molecule has 1 heterocycles. The molecule has 0 radical (unpaired) electrons. The molecular weight excluding hydrogens is 196 g/mol. The van der Waals surface area contributed by atoms with E-state index in [1.54, 1.807) is 19.3 Å². The van der Waals surface area contributed by atoms with E-state index >= 15 is 0 Å². The van der Waals surface area contributed by atoms with Gasteiger partial charge in [0.05, 0.1) is 19.1 Å². The third-order valence-electron chi connectivity index (χ3n) is 2.72. The van der Waals surface area contributed by atoms with Gasteiger partial charge in [0.2, 0.25) is 5.91 Å². The Morgan fingerprint density at radius 2 is 2.13 bits per heavy atom. The van der Waals surface area contributed by atoms with Crippen molar-refractivity contribution in [2.24, 2.45) is 5.92 Å². The zero-order valence-corrected chi connectivity index (χ0v) is 8.53. The molecule has 0 spiro atoms. The molecule has 0 bridgehead atoms. The van der Waals surface area contributed by atoms with Crippen LogP contribution in [0, 0.1) is 5.92 Å². The van der Waals surface area contributed by atoms with Gasteiger partial charge in [0.15, 0.2) is 0 Å². The first-order valence-corrected chi connectivity index (χ1v) is 4.68. The van der Waals surface area contributed by atoms with E-state index in [-0.39, 0.29) is 17.9 Å². The number of methoxy groups -OCH3 is 1. The molecule has 1 fully saturated rings. The topological polar surface area (TPSA) is 67.4 Å². The minimum atomic E-state index is -0.452. The average molecular weight is 208 g/mol. The van der Waals surface area contributed by atoms with Crippen LogP contribution in [-0.2, 0) is 9.53 Å². The minimum Gasteiger partial charge on any atom is -0.497 e. The van der Waals surface area contributed by atoms with Gasteiger partial charge in [-0.25, -0.2) is 4.79 Å². The summed E-state index contributed by atoms with van der Waals surface area (Å²) >= 11 is 0. The number of imide groups is 1. The summed E-state index contributed by atoms with van der Waals surface area (Å²) in [5.41, 5.74) is 0.869. The number of hydrogen-bond donors (Lipinski definition) is 2. The van der Waals surface area contributed by atoms with Gasteiger partial charge in [-0.2, -0.15) is 0 Å². The Morgan fingerprint density at radius 1 is 1.40 bits per heavy atom. The molecule has 1 aliphatic heterocycles. The molecule has 2 unspecified atom stereocenters. The molecule has 0 aromatic rings. The Labute approximate surface area is 87.2 Å². The highest BCUT2D eigenvalue weighted by Crippen LogP contribution is 2.26. The van der Waals surface area contributed by atoms with Crippen molar-refractivity contribution in [1.82, 2.24) is 10.6 Å². The number of fused-ring (bicyclic) bond motifs is 1. The Morgan fingerprint density at radius 3 is 2.80 bits per heavy atom. The highest BCUT2D eigenvalue weighted by molar-refractivity contribution is 6.00. The van der Waals surface area contributed by atoms with E-state index in [9.17, 15) is 9.59 Å². The summed E-state index contributed by atoms with van der Waals surface area (Å²) in [6, 6.07) is -0.738. The smallest absolute Gasteiger partial charge is 0.321 e. The molecule has 3 amide bonds. The van der Waals surface area contributed by atoms with Crippen LogP contribution in [0.15, 0.2) is 23.5 Å². The predicted octanol–water partition coefficient (Wildman–Crippen LogP) is 0.301. The second kappa shape index (κ2) is 3.42. The van der Waals surface area contributed by atoms with E-state index in [1.807, 2.05) is 6.92 Å². The van der Waals surface area contributed by atoms with Gasteiger partial charge in [-0.05, 0) is 18.6 Å². The molecule has 2 aliphatic rings. The van der Waals surface area contributed by atoms with Crippen LogP contribution in [0.4, 0.5) is 4.79 Å². The van der Waals surface area contributed by atoms with E-state index in [2.05, 4.69) is 10.6 Å². The fourth-order valence-corrected chi connectivity index (χ4v) is 1.89. The lowest BCUT2D eigenvalue weighted by Crippen LogP contribution is -2.58. The number of urea groups is 1. The molecule has 2 atom stereocenters. The summed E-state index contributed by atoms with van der Waals surface area (Å²) in [7, 11) is 1.56. The number of ether oxygens (including phenoxy) is 1. The van der Waals surface area contributed by atoms with Gasteiger partial charge in [-0.3, -0.25) is 10.1 Å². The van der Waals surface area contributed by atoms with Crippen molar-refractivity contribution < 1.29 is 14.3 Å². The van der Waals surface area contributed by atoms with E-state index in [4.69, 9.17) is 4.74 Å². The molecule has 0 aromatic heterocycles. The van der Waals surface area contributed by atoms with Gasteiger partial charge >= 0.3 is 6.03 Å². The predicted molar refractivity (Wildman–Crippen MR) is 52.8 cm³/mol. The summed E-state index contributed by atoms with van der Waals surface area (Å²) in [6.07, 6.45) is 3.50. The molecule has 1 saturated heterocycles. The SMILES string of the molecule is COC1=C(C)C2NC(=O)NC(=O)C2C=C1. The second-order valence-electron chi connectivity index (χ2n) is 3.58. The highest BCUT2D eigenvalue weighted by Gasteiger charge is 2.37. The van der Waals surface area contributed by atoms with Crippen LogP contribution < -0.4 is 10.6 Å². The van der Waals surface area contributed by atoms with Crippen molar-refractivity contribution in [1.29, 1.82) is 0 Å². The van der Waals surface area contributed by atoms with Crippen LogP contribution in [-0.4, -0.2) is 25.1 Å². The number of hydrogen-bond acceptors (Lipinski definition) is 3. The first-order chi connectivity index (χ1) is 7.13. The summed E-state index contributed by atoms with van der Waals surface area (Å²) in [6.45, 7) is 1.85. The van der Waals surface area contributed by atoms with Crippen molar-refractivity contribution in [2.45, 2.75) is 13.0 Å². The molecule has 15 heavy (non-hydrogen) atoms. The van der Waals surface area contributed by atoms with Crippen molar-refractivity contribution in [3.05, 3.63) is 23.5 Å². The zero-order chi connectivity index (χ0) is 11.0. The lowest BCUT2D eigenvalue weighted by molar-refractivity contribution is -0.123. The average Bonchev–Trinajstić information content (AvgIpc) is 2.19. The summed E-state index contributed by atoms with van der Waals surface area (Å²) in [5.74, 6) is 0.0994. The maximum atomic E-state index is 11.5. The Hall–Kier alpha value is -1.78. The summed E-state index contributed by atoms with van der Waals surface area (Å²) in [5, 5.41) is 4.93. The van der Waals surface area contributed by atoms with E-state index in [0.29, 0.717) is 5.76 Å². The fraction of sp³-hybridized carbons (Fsp3) is 0.400. The number of rotatable bonds is 1. The Bertz CT molecular complexity index is 384. The maximum absolute atomic E-state index is 11.5. The van der Waals surface area contributed by atoms with Gasteiger partial charge in [-0.15, -0.1) is 0 Å². The first kappa shape index (κ1) is 9.76. The lowest BCUT2D eigenvalue weighted by Gasteiger charge is -2.33. The van der Waals surface area contributed by atoms with Gasteiger partial charge in [0, 0.05) is 0 Å². The summed E-state index contributed by atoms with van der Waals surface area (Å²) in [4.78, 5) is 22.6. The largest absolute Gasteiger partial charge is 0.497 e. The number of amides is 3. The molecule has 5 heteroatoms. The summed E-state index contributed by atoms with van der Waals surface area (Å²) < 4.78 is 5.13.